The van der Waals surface area contributed by atoms with Crippen molar-refractivity contribution in [3.05, 3.63) is 156 Å². The van der Waals surface area contributed by atoms with Crippen LogP contribution in [-0.4, -0.2) is 62.2 Å². The Balaban J connectivity index is 1.23. The second-order valence-electron chi connectivity index (χ2n) is 15.3. The topological polar surface area (TPSA) is 108 Å². The smallest absolute Gasteiger partial charge is 0.264 e. The summed E-state index contributed by atoms with van der Waals surface area (Å²) < 4.78 is 12.7. The number of anilines is 2. The molecular weight excluding hydrogens is 719 g/mol. The molecule has 5 aromatic carbocycles. The van der Waals surface area contributed by atoms with Crippen molar-refractivity contribution in [3.63, 3.8) is 0 Å². The summed E-state index contributed by atoms with van der Waals surface area (Å²) in [5, 5.41) is 14.2. The second kappa shape index (κ2) is 16.3. The summed E-state index contributed by atoms with van der Waals surface area (Å²) >= 11 is 0. The number of ether oxygens (including phenoxy) is 2. The number of nitrogens with zero attached hydrogens (tertiary/aromatic N) is 2. The van der Waals surface area contributed by atoms with E-state index in [0.717, 1.165) is 28.1 Å². The number of amides is 3. The van der Waals surface area contributed by atoms with Gasteiger partial charge in [0, 0.05) is 35.8 Å². The molecule has 2 aliphatic heterocycles. The number of nitrogens with one attached hydrogen (secondary N) is 1. The minimum absolute atomic E-state index is 0.0643. The van der Waals surface area contributed by atoms with Gasteiger partial charge in [0.25, 0.3) is 11.8 Å². The molecule has 1 spiro atoms. The number of aliphatic hydroxyl groups excluding tert-OH is 1. The third kappa shape index (κ3) is 7.39. The Labute approximate surface area is 329 Å². The summed E-state index contributed by atoms with van der Waals surface area (Å²) in [6, 6.07) is 42.3. The van der Waals surface area contributed by atoms with E-state index in [-0.39, 0.29) is 55.3 Å². The Kier molecular flexibility index (Phi) is 11.2. The first-order chi connectivity index (χ1) is 27.1. The standard InChI is InChI=1S/C46H49N3O6Si/c1-32-43(56(3,4)38-24-22-37(54-2)23-25-38)41(29-42(51)48(26-27-50)30-33-14-7-5-8-15-33)55-46(32)39-20-11-12-21-40(39)49(45(46)53)31-34-16-13-19-36(28-34)47-44(52)35-17-9-6-10-18-35/h5-25,28,32,41,43,50H,26-27,29-31H2,1-4H3,(H,47,52)/t32-,41+,43-,46+/m1/s1. The number of aliphatic hydroxyl groups is 1. The molecule has 7 rings (SSSR count). The molecular formula is C46H49N3O6Si. The van der Waals surface area contributed by atoms with Gasteiger partial charge in [-0.3, -0.25) is 14.4 Å². The van der Waals surface area contributed by atoms with Crippen LogP contribution in [0.2, 0.25) is 18.6 Å². The van der Waals surface area contributed by atoms with Crippen LogP contribution in [0.3, 0.4) is 0 Å². The van der Waals surface area contributed by atoms with E-state index in [4.69, 9.17) is 9.47 Å². The molecule has 9 nitrogen and oxygen atoms in total. The van der Waals surface area contributed by atoms with Crippen molar-refractivity contribution in [1.29, 1.82) is 0 Å². The lowest BCUT2D eigenvalue weighted by molar-refractivity contribution is -0.150. The van der Waals surface area contributed by atoms with Crippen LogP contribution >= 0.6 is 0 Å². The fraction of sp³-hybridized carbons (Fsp3) is 0.283. The van der Waals surface area contributed by atoms with Crippen LogP contribution in [0.1, 0.15) is 40.4 Å². The van der Waals surface area contributed by atoms with Crippen LogP contribution in [0.5, 0.6) is 5.75 Å². The first-order valence-corrected chi connectivity index (χ1v) is 22.3. The zero-order valence-electron chi connectivity index (χ0n) is 32.4. The number of fused-ring (bicyclic) bond motifs is 2. The van der Waals surface area contributed by atoms with Crippen molar-refractivity contribution in [3.8, 4) is 5.75 Å². The lowest BCUT2D eigenvalue weighted by atomic mass is 9.82. The van der Waals surface area contributed by atoms with E-state index in [1.165, 1.54) is 5.19 Å². The normalized spacial score (nSPS) is 20.2. The Morgan fingerprint density at radius 2 is 1.54 bits per heavy atom. The molecule has 288 valence electrons. The van der Waals surface area contributed by atoms with Crippen LogP contribution in [0, 0.1) is 5.92 Å². The molecule has 5 aromatic rings. The highest BCUT2D eigenvalue weighted by Crippen LogP contribution is 2.60. The SMILES string of the molecule is COc1ccc([Si](C)(C)[C@H]2[C@H](CC(=O)N(CCO)Cc3ccccc3)O[C@@]3(C(=O)N(Cc4cccc(NC(=O)c5ccccc5)c4)c4ccccc43)[C@@H]2C)cc1. The Morgan fingerprint density at radius 1 is 0.875 bits per heavy atom. The highest BCUT2D eigenvalue weighted by molar-refractivity contribution is 6.91. The highest BCUT2D eigenvalue weighted by Gasteiger charge is 2.66. The molecule has 3 amide bonds. The molecule has 2 aliphatic rings. The largest absolute Gasteiger partial charge is 0.497 e. The van der Waals surface area contributed by atoms with Gasteiger partial charge in [-0.05, 0) is 59.1 Å². The number of carbonyl (C=O) groups is 3. The molecule has 0 aliphatic carbocycles. The summed E-state index contributed by atoms with van der Waals surface area (Å²) in [5.74, 6) is -0.0430. The van der Waals surface area contributed by atoms with Gasteiger partial charge in [0.1, 0.15) is 5.75 Å². The fourth-order valence-electron chi connectivity index (χ4n) is 8.87. The molecule has 2 N–H and O–H groups in total. The third-order valence-corrected chi connectivity index (χ3v) is 16.0. The molecule has 2 heterocycles. The number of benzene rings is 5. The van der Waals surface area contributed by atoms with Gasteiger partial charge in [0.15, 0.2) is 5.60 Å². The summed E-state index contributed by atoms with van der Waals surface area (Å²) in [6.07, 6.45) is -0.513. The van der Waals surface area contributed by atoms with Crippen molar-refractivity contribution < 1.29 is 29.0 Å². The summed E-state index contributed by atoms with van der Waals surface area (Å²) in [7, 11) is -0.858. The van der Waals surface area contributed by atoms with E-state index in [1.807, 2.05) is 109 Å². The molecule has 0 saturated carbocycles. The highest BCUT2D eigenvalue weighted by atomic mass is 28.3. The molecule has 1 saturated heterocycles. The molecule has 0 unspecified atom stereocenters. The average molecular weight is 768 g/mol. The van der Waals surface area contributed by atoms with Crippen molar-refractivity contribution in [2.24, 2.45) is 5.92 Å². The van der Waals surface area contributed by atoms with Gasteiger partial charge in [-0.25, -0.2) is 0 Å². The maximum Gasteiger partial charge on any atom is 0.264 e. The van der Waals surface area contributed by atoms with Gasteiger partial charge in [0.2, 0.25) is 5.91 Å². The van der Waals surface area contributed by atoms with Crippen LogP contribution < -0.4 is 20.1 Å². The van der Waals surface area contributed by atoms with Gasteiger partial charge in [-0.15, -0.1) is 0 Å². The maximum absolute atomic E-state index is 15.3. The Morgan fingerprint density at radius 3 is 2.23 bits per heavy atom. The molecule has 0 radical (unpaired) electrons. The summed E-state index contributed by atoms with van der Waals surface area (Å²) in [6.45, 7) is 7.34. The maximum atomic E-state index is 15.3. The summed E-state index contributed by atoms with van der Waals surface area (Å²) in [5.41, 5.74) is 3.09. The molecule has 0 bridgehead atoms. The number of para-hydroxylation sites is 1. The number of hydrogen-bond donors (Lipinski definition) is 2. The van der Waals surface area contributed by atoms with Crippen molar-refractivity contribution >= 4 is 42.4 Å². The van der Waals surface area contributed by atoms with Gasteiger partial charge in [-0.2, -0.15) is 0 Å². The number of carbonyl (C=O) groups excluding carboxylic acids is 3. The lowest BCUT2D eigenvalue weighted by Crippen LogP contribution is -2.52. The van der Waals surface area contributed by atoms with E-state index in [2.05, 4.69) is 37.5 Å². The van der Waals surface area contributed by atoms with Crippen LogP contribution in [-0.2, 0) is 33.0 Å². The van der Waals surface area contributed by atoms with Gasteiger partial charge >= 0.3 is 0 Å². The lowest BCUT2D eigenvalue weighted by Gasteiger charge is -2.37. The Bertz CT molecular complexity index is 2180. The fourth-order valence-corrected chi connectivity index (χ4v) is 12.9. The summed E-state index contributed by atoms with van der Waals surface area (Å²) in [4.78, 5) is 46.0. The van der Waals surface area contributed by atoms with Crippen LogP contribution in [0.25, 0.3) is 0 Å². The third-order valence-electron chi connectivity index (χ3n) is 11.6. The molecule has 56 heavy (non-hydrogen) atoms. The van der Waals surface area contributed by atoms with E-state index in [0.29, 0.717) is 17.8 Å². The molecule has 1 fully saturated rings. The monoisotopic (exact) mass is 767 g/mol. The van der Waals surface area contributed by atoms with E-state index >= 15 is 4.79 Å². The predicted octanol–water partition coefficient (Wildman–Crippen LogP) is 7.12. The Hall–Kier alpha value is -5.55. The van der Waals surface area contributed by atoms with Crippen LogP contribution in [0.15, 0.2) is 133 Å². The first kappa shape index (κ1) is 38.7. The van der Waals surface area contributed by atoms with Gasteiger partial charge < -0.3 is 29.7 Å². The van der Waals surface area contributed by atoms with Crippen LogP contribution in [0.4, 0.5) is 11.4 Å². The predicted molar refractivity (Wildman–Crippen MR) is 222 cm³/mol. The van der Waals surface area contributed by atoms with Crippen molar-refractivity contribution in [1.82, 2.24) is 4.90 Å². The number of methoxy groups -OCH3 is 1. The van der Waals surface area contributed by atoms with Gasteiger partial charge in [-0.1, -0.05) is 116 Å². The van der Waals surface area contributed by atoms with E-state index in [9.17, 15) is 14.7 Å². The minimum Gasteiger partial charge on any atom is -0.497 e. The quantitative estimate of drug-likeness (QED) is 0.124. The molecule has 4 atom stereocenters. The van der Waals surface area contributed by atoms with Crippen molar-refractivity contribution in [2.75, 3.05) is 30.5 Å². The first-order valence-electron chi connectivity index (χ1n) is 19.2. The second-order valence-corrected chi connectivity index (χ2v) is 20.0. The zero-order chi connectivity index (χ0) is 39.5. The average Bonchev–Trinajstić information content (AvgIpc) is 3.64. The minimum atomic E-state index is -2.51. The molecule has 0 aromatic heterocycles. The van der Waals surface area contributed by atoms with Crippen molar-refractivity contribution in [2.45, 2.75) is 56.8 Å². The zero-order valence-corrected chi connectivity index (χ0v) is 33.4. The van der Waals surface area contributed by atoms with Gasteiger partial charge in [0.05, 0.1) is 46.5 Å². The van der Waals surface area contributed by atoms with E-state index in [1.54, 1.807) is 29.0 Å². The number of hydrogen-bond acceptors (Lipinski definition) is 6. The number of rotatable bonds is 13. The van der Waals surface area contributed by atoms with E-state index < -0.39 is 19.8 Å². The molecule has 10 heteroatoms.